The van der Waals surface area contributed by atoms with E-state index in [1.807, 2.05) is 38.1 Å². The van der Waals surface area contributed by atoms with Crippen LogP contribution in [0, 0.1) is 12.3 Å². The van der Waals surface area contributed by atoms with Gasteiger partial charge in [0.25, 0.3) is 5.91 Å². The Morgan fingerprint density at radius 2 is 2.12 bits per heavy atom. The van der Waals surface area contributed by atoms with Gasteiger partial charge in [0.1, 0.15) is 5.58 Å². The van der Waals surface area contributed by atoms with E-state index in [0.29, 0.717) is 37.3 Å². The number of furan rings is 1. The van der Waals surface area contributed by atoms with Crippen molar-refractivity contribution in [1.82, 2.24) is 5.32 Å². The summed E-state index contributed by atoms with van der Waals surface area (Å²) in [7, 11) is 0. The lowest BCUT2D eigenvalue weighted by atomic mass is 10.0. The third-order valence-corrected chi connectivity index (χ3v) is 4.33. The molecule has 1 aliphatic heterocycles. The van der Waals surface area contributed by atoms with Crippen LogP contribution in [0.4, 0.5) is 0 Å². The van der Waals surface area contributed by atoms with Gasteiger partial charge < -0.3 is 14.5 Å². The van der Waals surface area contributed by atoms with Gasteiger partial charge in [0, 0.05) is 36.8 Å². The summed E-state index contributed by atoms with van der Waals surface area (Å²) in [5, 5.41) is 12.0. The molecule has 136 valence electrons. The number of nitrogens with zero attached hydrogens (tertiary/aromatic N) is 2. The van der Waals surface area contributed by atoms with E-state index in [-0.39, 0.29) is 12.0 Å². The summed E-state index contributed by atoms with van der Waals surface area (Å²) >= 11 is 0. The number of para-hydroxylation sites is 1. The number of carbonyl (C=O) groups is 1. The fourth-order valence-electron chi connectivity index (χ4n) is 2.80. The van der Waals surface area contributed by atoms with Crippen LogP contribution in [0.5, 0.6) is 0 Å². The third kappa shape index (κ3) is 4.12. The molecule has 0 unspecified atom stereocenters. The number of fused-ring (bicyclic) bond motifs is 1. The highest BCUT2D eigenvalue weighted by atomic mass is 16.5. The number of terminal acetylenes is 1. The van der Waals surface area contributed by atoms with E-state index in [0.717, 1.165) is 17.4 Å². The molecule has 2 heterocycles. The fourth-order valence-corrected chi connectivity index (χ4v) is 2.80. The summed E-state index contributed by atoms with van der Waals surface area (Å²) in [6.07, 6.45) is 7.34. The number of carbonyl (C=O) groups excluding carboxylic acids is 1. The molecule has 26 heavy (non-hydrogen) atoms. The van der Waals surface area contributed by atoms with Crippen LogP contribution < -0.4 is 5.32 Å². The highest BCUT2D eigenvalue weighted by Gasteiger charge is 2.38. The Morgan fingerprint density at radius 3 is 2.81 bits per heavy atom. The van der Waals surface area contributed by atoms with Gasteiger partial charge in [-0.25, -0.2) is 0 Å². The quantitative estimate of drug-likeness (QED) is 0.691. The second kappa shape index (κ2) is 7.71. The maximum atomic E-state index is 12.6. The monoisotopic (exact) mass is 353 g/mol. The van der Waals surface area contributed by atoms with Crippen LogP contribution in [-0.2, 0) is 11.3 Å². The van der Waals surface area contributed by atoms with Gasteiger partial charge in [0.05, 0.1) is 12.7 Å². The van der Waals surface area contributed by atoms with Crippen molar-refractivity contribution >= 4 is 16.9 Å². The zero-order chi connectivity index (χ0) is 18.6. The van der Waals surface area contributed by atoms with E-state index in [1.54, 1.807) is 0 Å². The van der Waals surface area contributed by atoms with Crippen molar-refractivity contribution in [1.29, 1.82) is 0 Å². The molecule has 6 nitrogen and oxygen atoms in total. The molecule has 6 heteroatoms. The highest BCUT2D eigenvalue weighted by molar-refractivity contribution is 5.99. The van der Waals surface area contributed by atoms with Crippen LogP contribution in [0.15, 0.2) is 38.9 Å². The smallest absolute Gasteiger partial charge is 0.287 e. The van der Waals surface area contributed by atoms with Crippen LogP contribution in [-0.4, -0.2) is 24.2 Å². The van der Waals surface area contributed by atoms with Gasteiger partial charge in [-0.05, 0) is 19.9 Å². The minimum Gasteiger partial charge on any atom is -0.451 e. The van der Waals surface area contributed by atoms with E-state index < -0.39 is 5.66 Å². The van der Waals surface area contributed by atoms with Crippen molar-refractivity contribution in [3.63, 3.8) is 0 Å². The molecule has 3 rings (SSSR count). The maximum Gasteiger partial charge on any atom is 0.287 e. The van der Waals surface area contributed by atoms with E-state index in [1.165, 1.54) is 0 Å². The van der Waals surface area contributed by atoms with E-state index in [4.69, 9.17) is 15.6 Å². The van der Waals surface area contributed by atoms with Crippen LogP contribution in [0.1, 0.15) is 49.2 Å². The largest absolute Gasteiger partial charge is 0.451 e. The van der Waals surface area contributed by atoms with E-state index in [2.05, 4.69) is 21.5 Å². The first-order chi connectivity index (χ1) is 12.5. The number of benzene rings is 1. The Kier molecular flexibility index (Phi) is 5.38. The first-order valence-electron chi connectivity index (χ1n) is 8.82. The minimum absolute atomic E-state index is 0.0636. The molecule has 0 radical (unpaired) electrons. The molecule has 0 spiro atoms. The first kappa shape index (κ1) is 18.2. The van der Waals surface area contributed by atoms with Gasteiger partial charge >= 0.3 is 0 Å². The summed E-state index contributed by atoms with van der Waals surface area (Å²) in [6.45, 7) is 4.70. The molecule has 2 aromatic rings. The lowest BCUT2D eigenvalue weighted by molar-refractivity contribution is 0.0643. The summed E-state index contributed by atoms with van der Waals surface area (Å²) in [5.74, 6) is 2.64. The third-order valence-electron chi connectivity index (χ3n) is 4.33. The Balaban J connectivity index is 1.67. The topological polar surface area (TPSA) is 76.2 Å². The average Bonchev–Trinajstić information content (AvgIpc) is 3.29. The van der Waals surface area contributed by atoms with Crippen molar-refractivity contribution in [2.24, 2.45) is 10.2 Å². The number of hydrogen-bond acceptors (Lipinski definition) is 5. The molecule has 1 N–H and O–H groups in total. The van der Waals surface area contributed by atoms with Gasteiger partial charge in [-0.15, -0.1) is 12.3 Å². The SMILES string of the molecule is C#CCCC1(CCNC(=O)c2oc3ccccc3c2COC(C)C)N=N1. The molecule has 1 amide bonds. The summed E-state index contributed by atoms with van der Waals surface area (Å²) in [5.41, 5.74) is 1.05. The Hall–Kier alpha value is -2.65. The molecule has 1 aliphatic rings. The van der Waals surface area contributed by atoms with E-state index in [9.17, 15) is 4.79 Å². The molecule has 0 atom stereocenters. The molecular formula is C20H23N3O3. The Bertz CT molecular complexity index is 855. The van der Waals surface area contributed by atoms with Crippen LogP contribution in [0.3, 0.4) is 0 Å². The van der Waals surface area contributed by atoms with Crippen molar-refractivity contribution in [3.8, 4) is 12.3 Å². The van der Waals surface area contributed by atoms with Gasteiger partial charge in [-0.2, -0.15) is 10.2 Å². The molecule has 1 aromatic carbocycles. The van der Waals surface area contributed by atoms with Gasteiger partial charge in [-0.1, -0.05) is 18.2 Å². The van der Waals surface area contributed by atoms with Crippen molar-refractivity contribution in [2.45, 2.75) is 51.5 Å². The average molecular weight is 353 g/mol. The predicted molar refractivity (Wildman–Crippen MR) is 98.7 cm³/mol. The van der Waals surface area contributed by atoms with Crippen molar-refractivity contribution < 1.29 is 13.9 Å². The standard InChI is InChI=1S/C20H23N3O3/c1-4-5-10-20(22-23-20)11-12-21-19(24)18-16(13-25-14(2)3)15-8-6-7-9-17(15)26-18/h1,6-9,14H,5,10-13H2,2-3H3,(H,21,24). The van der Waals surface area contributed by atoms with Crippen LogP contribution >= 0.6 is 0 Å². The van der Waals surface area contributed by atoms with Gasteiger partial charge in [0.15, 0.2) is 11.4 Å². The summed E-state index contributed by atoms with van der Waals surface area (Å²) < 4.78 is 11.5. The molecular weight excluding hydrogens is 330 g/mol. The second-order valence-corrected chi connectivity index (χ2v) is 6.66. The fraction of sp³-hybridized carbons (Fsp3) is 0.450. The molecule has 0 saturated carbocycles. The molecule has 0 fully saturated rings. The van der Waals surface area contributed by atoms with Gasteiger partial charge in [-0.3, -0.25) is 4.79 Å². The zero-order valence-electron chi connectivity index (χ0n) is 15.1. The minimum atomic E-state index is -0.406. The highest BCUT2D eigenvalue weighted by Crippen LogP contribution is 2.36. The molecule has 0 saturated heterocycles. The Morgan fingerprint density at radius 1 is 1.35 bits per heavy atom. The predicted octanol–water partition coefficient (Wildman–Crippen LogP) is 4.05. The van der Waals surface area contributed by atoms with E-state index >= 15 is 0 Å². The molecule has 0 aliphatic carbocycles. The van der Waals surface area contributed by atoms with Gasteiger partial charge in [0.2, 0.25) is 0 Å². The number of hydrogen-bond donors (Lipinski definition) is 1. The summed E-state index contributed by atoms with van der Waals surface area (Å²) in [6, 6.07) is 7.59. The van der Waals surface area contributed by atoms with Crippen LogP contribution in [0.2, 0.25) is 0 Å². The van der Waals surface area contributed by atoms with Crippen molar-refractivity contribution in [3.05, 3.63) is 35.6 Å². The lowest BCUT2D eigenvalue weighted by Crippen LogP contribution is -2.28. The normalized spacial score (nSPS) is 14.5. The Labute approximate surface area is 153 Å². The zero-order valence-corrected chi connectivity index (χ0v) is 15.1. The summed E-state index contributed by atoms with van der Waals surface area (Å²) in [4.78, 5) is 12.6. The second-order valence-electron chi connectivity index (χ2n) is 6.66. The van der Waals surface area contributed by atoms with Crippen molar-refractivity contribution in [2.75, 3.05) is 6.54 Å². The lowest BCUT2D eigenvalue weighted by Gasteiger charge is -2.10. The van der Waals surface area contributed by atoms with Crippen LogP contribution in [0.25, 0.3) is 11.0 Å². The number of ether oxygens (including phenoxy) is 1. The first-order valence-corrected chi connectivity index (χ1v) is 8.82. The molecule has 1 aromatic heterocycles. The molecule has 0 bridgehead atoms. The number of rotatable bonds is 9. The maximum absolute atomic E-state index is 12.6. The number of nitrogens with one attached hydrogen (secondary N) is 1. The number of amides is 1.